The van der Waals surface area contributed by atoms with Gasteiger partial charge in [0.25, 0.3) is 0 Å². The van der Waals surface area contributed by atoms with Crippen LogP contribution in [0.1, 0.15) is 83.1 Å². The predicted molar refractivity (Wildman–Crippen MR) is 97.8 cm³/mol. The van der Waals surface area contributed by atoms with Gasteiger partial charge >= 0.3 is 39.0 Å². The number of carboxylic acid groups (broad SMARTS) is 4. The van der Waals surface area contributed by atoms with Crippen LogP contribution in [0.4, 0.5) is 0 Å². The minimum atomic E-state index is -1.01. The van der Waals surface area contributed by atoms with Crippen LogP contribution in [0.2, 0.25) is 0 Å². The van der Waals surface area contributed by atoms with Crippen LogP contribution in [-0.4, -0.2) is 23.9 Å². The zero-order chi connectivity index (χ0) is 24.3. The van der Waals surface area contributed by atoms with Crippen LogP contribution in [0.5, 0.6) is 0 Å². The number of rotatable bonds is 0. The van der Waals surface area contributed by atoms with E-state index < -0.39 is 45.5 Å². The SMILES string of the molecule is CC(C)(C)C(=O)[O-].CC(C)(C)C(=O)[O-].CC(C)(C)C(=O)[O-].CC(C)(C)C(=O)[O-].[Rh+2].[Rh+2]. The molecule has 0 fully saturated rings. The maximum Gasteiger partial charge on any atom is 2.00 e. The number of aliphatic carboxylic acids is 4. The summed E-state index contributed by atoms with van der Waals surface area (Å²) in [5, 5.41) is 39.6. The molecule has 0 rings (SSSR count). The minimum Gasteiger partial charge on any atom is -0.550 e. The van der Waals surface area contributed by atoms with Crippen molar-refractivity contribution in [2.24, 2.45) is 21.7 Å². The Bertz CT molecular complexity index is 421. The van der Waals surface area contributed by atoms with Crippen molar-refractivity contribution in [3.8, 4) is 0 Å². The molecule has 8 nitrogen and oxygen atoms in total. The van der Waals surface area contributed by atoms with E-state index in [0.717, 1.165) is 0 Å². The predicted octanol–water partition coefficient (Wildman–Crippen LogP) is -0.875. The Labute approximate surface area is 206 Å². The average Bonchev–Trinajstić information content (AvgIpc) is 2.35. The first-order valence-corrected chi connectivity index (χ1v) is 8.63. The summed E-state index contributed by atoms with van der Waals surface area (Å²) in [5.41, 5.74) is -2.78. The van der Waals surface area contributed by atoms with Gasteiger partial charge in [0.15, 0.2) is 0 Å². The average molecular weight is 610 g/mol. The van der Waals surface area contributed by atoms with Crippen LogP contribution in [0.25, 0.3) is 0 Å². The molecule has 0 aliphatic rings. The van der Waals surface area contributed by atoms with Gasteiger partial charge in [0.1, 0.15) is 0 Å². The Morgan fingerprint density at radius 2 is 0.400 bits per heavy atom. The fraction of sp³-hybridized carbons (Fsp3) is 0.800. The van der Waals surface area contributed by atoms with Crippen LogP contribution in [0, 0.1) is 21.7 Å². The van der Waals surface area contributed by atoms with Crippen molar-refractivity contribution in [2.45, 2.75) is 83.1 Å². The van der Waals surface area contributed by atoms with Crippen LogP contribution < -0.4 is 20.4 Å². The van der Waals surface area contributed by atoms with Crippen molar-refractivity contribution in [3.63, 3.8) is 0 Å². The quantitative estimate of drug-likeness (QED) is 0.320. The largest absolute Gasteiger partial charge is 2.00 e. The second kappa shape index (κ2) is 16.8. The van der Waals surface area contributed by atoms with Gasteiger partial charge in [-0.2, -0.15) is 0 Å². The van der Waals surface area contributed by atoms with Crippen LogP contribution in [0.3, 0.4) is 0 Å². The first-order valence-electron chi connectivity index (χ1n) is 8.63. The molecule has 0 spiro atoms. The molecule has 0 bridgehead atoms. The molecule has 0 aromatic rings. The third kappa shape index (κ3) is 34.6. The Kier molecular flexibility index (Phi) is 24.1. The zero-order valence-corrected chi connectivity index (χ0v) is 23.2. The Morgan fingerprint density at radius 3 is 0.400 bits per heavy atom. The van der Waals surface area contributed by atoms with Gasteiger partial charge in [-0.25, -0.2) is 0 Å². The Morgan fingerprint density at radius 1 is 0.367 bits per heavy atom. The molecule has 0 aromatic carbocycles. The van der Waals surface area contributed by atoms with Crippen molar-refractivity contribution >= 4 is 23.9 Å². The number of carbonyl (C=O) groups is 4. The van der Waals surface area contributed by atoms with E-state index in [1.165, 1.54) is 0 Å². The van der Waals surface area contributed by atoms with E-state index in [2.05, 4.69) is 0 Å². The third-order valence-corrected chi connectivity index (χ3v) is 2.45. The smallest absolute Gasteiger partial charge is 0.550 e. The summed E-state index contributed by atoms with van der Waals surface area (Å²) in [6.45, 7) is 19.2. The van der Waals surface area contributed by atoms with Crippen molar-refractivity contribution in [2.75, 3.05) is 0 Å². The molecule has 0 saturated carbocycles. The van der Waals surface area contributed by atoms with Crippen molar-refractivity contribution in [3.05, 3.63) is 0 Å². The van der Waals surface area contributed by atoms with Crippen LogP contribution in [0.15, 0.2) is 0 Å². The number of hydrogen-bond donors (Lipinski definition) is 0. The summed E-state index contributed by atoms with van der Waals surface area (Å²) in [4.78, 5) is 39.6. The summed E-state index contributed by atoms with van der Waals surface area (Å²) < 4.78 is 0. The third-order valence-electron chi connectivity index (χ3n) is 2.45. The van der Waals surface area contributed by atoms with Gasteiger partial charge in [-0.05, 0) is 0 Å². The standard InChI is InChI=1S/4C5H10O2.2Rh/c4*1-5(2,3)4(6)7;;/h4*1-3H3,(H,6,7);;/q;;;;2*+2/p-4. The molecule has 0 atom stereocenters. The molecule has 30 heavy (non-hydrogen) atoms. The minimum absolute atomic E-state index is 0. The van der Waals surface area contributed by atoms with Gasteiger partial charge < -0.3 is 39.6 Å². The fourth-order valence-corrected chi connectivity index (χ4v) is 0. The number of carboxylic acids is 4. The topological polar surface area (TPSA) is 161 Å². The Balaban J connectivity index is -0.0000000626. The molecule has 0 unspecified atom stereocenters. The van der Waals surface area contributed by atoms with E-state index in [9.17, 15) is 39.6 Å². The number of carbonyl (C=O) groups excluding carboxylic acids is 4. The first-order chi connectivity index (χ1) is 11.8. The fourth-order valence-electron chi connectivity index (χ4n) is 0. The monoisotopic (exact) mass is 610 g/mol. The second-order valence-corrected chi connectivity index (χ2v) is 10.1. The van der Waals surface area contributed by atoms with Gasteiger partial charge in [0, 0.05) is 45.5 Å². The molecule has 0 amide bonds. The second-order valence-electron chi connectivity index (χ2n) is 10.1. The number of hydrogen-bond acceptors (Lipinski definition) is 8. The van der Waals surface area contributed by atoms with E-state index in [4.69, 9.17) is 0 Å². The molecule has 0 aliphatic heterocycles. The molecule has 10 heteroatoms. The normalized spacial score (nSPS) is 10.5. The zero-order valence-electron chi connectivity index (χ0n) is 19.9. The van der Waals surface area contributed by atoms with Gasteiger partial charge in [0.05, 0.1) is 0 Å². The van der Waals surface area contributed by atoms with Gasteiger partial charge in [0.2, 0.25) is 0 Å². The Hall–Kier alpha value is -0.873. The van der Waals surface area contributed by atoms with Crippen molar-refractivity contribution < 1.29 is 78.6 Å². The van der Waals surface area contributed by atoms with E-state index >= 15 is 0 Å². The summed E-state index contributed by atoms with van der Waals surface area (Å²) in [7, 11) is 0. The van der Waals surface area contributed by atoms with E-state index in [0.29, 0.717) is 0 Å². The van der Waals surface area contributed by atoms with Crippen molar-refractivity contribution in [1.82, 2.24) is 0 Å². The van der Waals surface area contributed by atoms with Crippen LogP contribution in [-0.2, 0) is 58.1 Å². The summed E-state index contributed by atoms with van der Waals surface area (Å²) in [6.07, 6.45) is 0. The van der Waals surface area contributed by atoms with Gasteiger partial charge in [-0.3, -0.25) is 0 Å². The van der Waals surface area contributed by atoms with Crippen LogP contribution >= 0.6 is 0 Å². The summed E-state index contributed by atoms with van der Waals surface area (Å²) >= 11 is 0. The maximum atomic E-state index is 9.91. The molecule has 182 valence electrons. The van der Waals surface area contributed by atoms with E-state index in [1.807, 2.05) is 0 Å². The van der Waals surface area contributed by atoms with Crippen molar-refractivity contribution in [1.29, 1.82) is 0 Å². The van der Waals surface area contributed by atoms with Gasteiger partial charge in [-0.1, -0.05) is 83.1 Å². The molecule has 0 aliphatic carbocycles. The molecule has 0 saturated heterocycles. The maximum absolute atomic E-state index is 9.91. The molecule has 2 radical (unpaired) electrons. The first kappa shape index (κ1) is 43.1. The molecule has 0 heterocycles. The molecular formula is C20H36O8Rh2. The molecular weight excluding hydrogens is 574 g/mol. The van der Waals surface area contributed by atoms with E-state index in [-0.39, 0.29) is 39.0 Å². The molecule has 0 N–H and O–H groups in total. The van der Waals surface area contributed by atoms with E-state index in [1.54, 1.807) is 83.1 Å². The van der Waals surface area contributed by atoms with Gasteiger partial charge in [-0.15, -0.1) is 0 Å². The summed E-state index contributed by atoms with van der Waals surface area (Å²) in [6, 6.07) is 0. The summed E-state index contributed by atoms with van der Waals surface area (Å²) in [5.74, 6) is -4.03. The molecule has 0 aromatic heterocycles.